The molecule has 0 N–H and O–H groups in total. The van der Waals surface area contributed by atoms with Crippen LogP contribution < -0.4 is 0 Å². The quantitative estimate of drug-likeness (QED) is 0.217. The van der Waals surface area contributed by atoms with Crippen molar-refractivity contribution in [3.05, 3.63) is 108 Å². The molecule has 0 saturated carbocycles. The van der Waals surface area contributed by atoms with Gasteiger partial charge in [-0.25, -0.2) is 13.2 Å². The van der Waals surface area contributed by atoms with Crippen molar-refractivity contribution < 1.29 is 27.5 Å². The second-order valence-electron chi connectivity index (χ2n) is 10.1. The van der Waals surface area contributed by atoms with Gasteiger partial charge in [0.2, 0.25) is 5.91 Å². The second-order valence-corrected chi connectivity index (χ2v) is 14.1. The number of hydrogen-bond donors (Lipinski definition) is 0. The lowest BCUT2D eigenvalue weighted by Gasteiger charge is -2.48. The maximum absolute atomic E-state index is 13.7. The summed E-state index contributed by atoms with van der Waals surface area (Å²) in [6.45, 7) is 3.00. The van der Waals surface area contributed by atoms with Crippen LogP contribution in [0.5, 0.6) is 0 Å². The Morgan fingerprint density at radius 2 is 1.42 bits per heavy atom. The van der Waals surface area contributed by atoms with E-state index in [0.717, 1.165) is 21.6 Å². The van der Waals surface area contributed by atoms with Gasteiger partial charge in [-0.05, 0) is 30.5 Å². The zero-order valence-electron chi connectivity index (χ0n) is 21.0. The molecule has 2 aliphatic rings. The summed E-state index contributed by atoms with van der Waals surface area (Å²) < 4.78 is 36.2. The molecule has 9 heteroatoms. The molecule has 38 heavy (non-hydrogen) atoms. The van der Waals surface area contributed by atoms with E-state index in [4.69, 9.17) is 9.47 Å². The van der Waals surface area contributed by atoms with Crippen LogP contribution in [0.1, 0.15) is 36.6 Å². The van der Waals surface area contributed by atoms with E-state index in [2.05, 4.69) is 15.9 Å². The maximum atomic E-state index is 13.7. The van der Waals surface area contributed by atoms with Crippen LogP contribution in [0.4, 0.5) is 0 Å². The fraction of sp³-hybridized carbons (Fsp3) is 0.310. The number of hydrogen-bond acceptors (Lipinski definition) is 6. The van der Waals surface area contributed by atoms with Crippen LogP contribution in [0.3, 0.4) is 0 Å². The lowest BCUT2D eigenvalue weighted by Crippen LogP contribution is -2.73. The largest absolute Gasteiger partial charge is 0.451 e. The van der Waals surface area contributed by atoms with E-state index in [9.17, 15) is 18.0 Å². The van der Waals surface area contributed by atoms with E-state index in [-0.39, 0.29) is 13.2 Å². The molecule has 1 amide bonds. The number of β-lactam (4-membered cyclic amide) rings is 1. The third kappa shape index (κ3) is 4.26. The molecule has 2 fully saturated rings. The van der Waals surface area contributed by atoms with Crippen LogP contribution in [0, 0.1) is 0 Å². The molecule has 0 unspecified atom stereocenters. The summed E-state index contributed by atoms with van der Waals surface area (Å²) in [7, 11) is -3.98. The summed E-state index contributed by atoms with van der Waals surface area (Å²) in [6, 6.07) is 26.5. The number of carbonyl (C=O) groups is 2. The fourth-order valence-corrected chi connectivity index (χ4v) is 8.79. The number of nitrogens with zero attached hydrogens (tertiary/aromatic N) is 1. The number of amides is 1. The van der Waals surface area contributed by atoms with E-state index < -0.39 is 48.3 Å². The molecule has 0 radical (unpaired) electrons. The number of rotatable bonds is 8. The predicted molar refractivity (Wildman–Crippen MR) is 146 cm³/mol. The third-order valence-corrected chi connectivity index (χ3v) is 11.5. The number of sulfone groups is 1. The number of carbonyl (C=O) groups excluding carboxylic acids is 2. The van der Waals surface area contributed by atoms with Crippen LogP contribution >= 0.6 is 15.9 Å². The number of halogens is 1. The Kier molecular flexibility index (Phi) is 6.96. The molecule has 2 aliphatic heterocycles. The first kappa shape index (κ1) is 26.6. The van der Waals surface area contributed by atoms with Crippen molar-refractivity contribution >= 4 is 37.6 Å². The molecule has 7 nitrogen and oxygen atoms in total. The van der Waals surface area contributed by atoms with Gasteiger partial charge < -0.3 is 14.4 Å². The molecule has 0 aromatic heterocycles. The smallest absolute Gasteiger partial charge is 0.331 e. The number of esters is 1. The normalized spacial score (nSPS) is 25.1. The van der Waals surface area contributed by atoms with Crippen molar-refractivity contribution in [1.29, 1.82) is 0 Å². The molecule has 2 saturated heterocycles. The van der Waals surface area contributed by atoms with Crippen molar-refractivity contribution in [3.63, 3.8) is 0 Å². The minimum absolute atomic E-state index is 0.157. The molecule has 3 aromatic rings. The van der Waals surface area contributed by atoms with Gasteiger partial charge >= 0.3 is 5.97 Å². The highest BCUT2D eigenvalue weighted by molar-refractivity contribution is 9.10. The number of benzene rings is 3. The predicted octanol–water partition coefficient (Wildman–Crippen LogP) is 4.41. The first-order valence-corrected chi connectivity index (χ1v) is 14.6. The number of ether oxygens (including phenoxy) is 2. The Bertz CT molecular complexity index is 1390. The minimum atomic E-state index is -3.98. The lowest BCUT2D eigenvalue weighted by molar-refractivity contribution is -0.168. The summed E-state index contributed by atoms with van der Waals surface area (Å²) in [5, 5.41) is -1.25. The molecule has 198 valence electrons. The van der Waals surface area contributed by atoms with Crippen LogP contribution in [0.15, 0.2) is 91.0 Å². The van der Waals surface area contributed by atoms with E-state index in [1.165, 1.54) is 13.8 Å². The molecule has 3 aromatic carbocycles. The number of fused-ring (bicyclic) bond motifs is 1. The van der Waals surface area contributed by atoms with Crippen LogP contribution in [-0.4, -0.2) is 52.3 Å². The van der Waals surface area contributed by atoms with Gasteiger partial charge in [-0.3, -0.25) is 4.79 Å². The van der Waals surface area contributed by atoms with Crippen molar-refractivity contribution in [2.75, 3.05) is 6.61 Å². The summed E-state index contributed by atoms with van der Waals surface area (Å²) in [5.74, 6) is -1.28. The summed E-state index contributed by atoms with van der Waals surface area (Å²) >= 11 is 3.39. The first-order chi connectivity index (χ1) is 18.1. The first-order valence-electron chi connectivity index (χ1n) is 12.3. The van der Waals surface area contributed by atoms with Gasteiger partial charge in [-0.2, -0.15) is 0 Å². The molecular weight excluding hydrogens is 570 g/mol. The van der Waals surface area contributed by atoms with Crippen LogP contribution in [-0.2, 0) is 35.5 Å². The van der Waals surface area contributed by atoms with Gasteiger partial charge in [0, 0.05) is 0 Å². The van der Waals surface area contributed by atoms with Crippen molar-refractivity contribution in [2.45, 2.75) is 47.0 Å². The average Bonchev–Trinajstić information content (AvgIpc) is 3.08. The second kappa shape index (κ2) is 9.94. The lowest BCUT2D eigenvalue weighted by atomic mass is 9.91. The zero-order valence-corrected chi connectivity index (χ0v) is 23.4. The van der Waals surface area contributed by atoms with Crippen molar-refractivity contribution in [3.8, 4) is 0 Å². The summed E-state index contributed by atoms with van der Waals surface area (Å²) in [5.41, 5.74) is 2.37. The highest BCUT2D eigenvalue weighted by Gasteiger charge is 2.78. The van der Waals surface area contributed by atoms with Crippen molar-refractivity contribution in [1.82, 2.24) is 4.90 Å². The van der Waals surface area contributed by atoms with E-state index in [0.29, 0.717) is 0 Å². The Hall–Kier alpha value is -3.01. The third-order valence-electron chi connectivity index (χ3n) is 7.28. The molecule has 0 spiro atoms. The standard InChI is InChI=1S/C29H28BrNO6S/c1-28(2)24(25(32)37-23(21-14-8-4-9-15-21)22-16-10-5-11-17-22)31-26(33)29(30,27(31)38(28,34)35)19-36-18-20-12-6-3-7-13-20/h3-17,23-24,27H,18-19H2,1-2H3/t24-,27-,29-/m1/s1. The molecule has 0 aliphatic carbocycles. The molecule has 3 atom stereocenters. The zero-order chi connectivity index (χ0) is 27.1. The van der Waals surface area contributed by atoms with Crippen LogP contribution in [0.25, 0.3) is 0 Å². The van der Waals surface area contributed by atoms with Gasteiger partial charge in [-0.15, -0.1) is 0 Å². The van der Waals surface area contributed by atoms with Gasteiger partial charge in [0.15, 0.2) is 25.6 Å². The van der Waals surface area contributed by atoms with E-state index >= 15 is 0 Å². The fourth-order valence-electron chi connectivity index (χ4n) is 5.19. The molecule has 5 rings (SSSR count). The van der Waals surface area contributed by atoms with Crippen LogP contribution in [0.2, 0.25) is 0 Å². The van der Waals surface area contributed by atoms with E-state index in [1.54, 1.807) is 0 Å². The summed E-state index contributed by atoms with van der Waals surface area (Å²) in [4.78, 5) is 28.3. The van der Waals surface area contributed by atoms with E-state index in [1.807, 2.05) is 91.0 Å². The van der Waals surface area contributed by atoms with Gasteiger partial charge in [0.05, 0.1) is 13.2 Å². The highest BCUT2D eigenvalue weighted by atomic mass is 79.9. The van der Waals surface area contributed by atoms with Gasteiger partial charge in [0.1, 0.15) is 10.8 Å². The number of alkyl halides is 1. The maximum Gasteiger partial charge on any atom is 0.331 e. The Morgan fingerprint density at radius 1 is 0.921 bits per heavy atom. The Balaban J connectivity index is 1.41. The molecular formula is C29H28BrNO6S. The Morgan fingerprint density at radius 3 is 1.95 bits per heavy atom. The van der Waals surface area contributed by atoms with Gasteiger partial charge in [-0.1, -0.05) is 107 Å². The topological polar surface area (TPSA) is 90.0 Å². The molecule has 2 heterocycles. The Labute approximate surface area is 230 Å². The van der Waals surface area contributed by atoms with Gasteiger partial charge in [0.25, 0.3) is 0 Å². The van der Waals surface area contributed by atoms with Crippen molar-refractivity contribution in [2.24, 2.45) is 0 Å². The molecule has 0 bridgehead atoms. The summed E-state index contributed by atoms with van der Waals surface area (Å²) in [6.07, 6.45) is -0.762. The SMILES string of the molecule is CC1(C)[C@@H](C(=O)OC(c2ccccc2)c2ccccc2)N2C(=O)[C@](Br)(COCc3ccccc3)[C@H]2S1(=O)=O. The highest BCUT2D eigenvalue weighted by Crippen LogP contribution is 2.54. The average molecular weight is 599 g/mol. The monoisotopic (exact) mass is 597 g/mol. The minimum Gasteiger partial charge on any atom is -0.451 e.